The molecule has 7 heteroatoms. The van der Waals surface area contributed by atoms with Crippen molar-refractivity contribution in [3.05, 3.63) is 10.4 Å². The second kappa shape index (κ2) is 8.79. The zero-order chi connectivity index (χ0) is 20.1. The van der Waals surface area contributed by atoms with E-state index in [0.29, 0.717) is 12.3 Å². The Bertz CT molecular complexity index is 497. The highest BCUT2D eigenvalue weighted by molar-refractivity contribution is 6.01. The van der Waals surface area contributed by atoms with Crippen LogP contribution in [0.1, 0.15) is 74.1 Å². The number of Topliss-reactive ketones (excluding diaryl/α,β-unsaturated/α-hetero) is 2. The van der Waals surface area contributed by atoms with E-state index < -0.39 is 5.41 Å². The summed E-state index contributed by atoms with van der Waals surface area (Å²) in [6.45, 7) is 14.2. The molecule has 0 saturated carbocycles. The van der Waals surface area contributed by atoms with Crippen molar-refractivity contribution in [3.63, 3.8) is 0 Å². The maximum Gasteiger partial charge on any atom is 0.145 e. The Morgan fingerprint density at radius 1 is 1.20 bits per heavy atom. The largest absolute Gasteiger partial charge is 0.301 e. The molecule has 1 aliphatic heterocycles. The predicted octanol–water partition coefficient (Wildman–Crippen LogP) is 4.66. The molecule has 0 aliphatic carbocycles. The molecule has 1 saturated heterocycles. The molecule has 1 aliphatic rings. The van der Waals surface area contributed by atoms with E-state index >= 15 is 0 Å². The number of hydroxylamine groups is 2. The predicted molar refractivity (Wildman–Crippen MR) is 97.9 cm³/mol. The number of nitrogens with zero attached hydrogens (tertiary/aromatic N) is 3. The molecule has 1 rings (SSSR count). The smallest absolute Gasteiger partial charge is 0.145 e. The van der Waals surface area contributed by atoms with Crippen molar-refractivity contribution in [2.24, 2.45) is 11.3 Å². The van der Waals surface area contributed by atoms with Gasteiger partial charge in [0.25, 0.3) is 0 Å². The maximum absolute atomic E-state index is 12.3. The summed E-state index contributed by atoms with van der Waals surface area (Å²) in [5.41, 5.74) is 11.6. The molecule has 0 bridgehead atoms. The lowest BCUT2D eigenvalue weighted by molar-refractivity contribution is -0.271. The molecular formula is C18H34N4O3. The number of hydrogen-bond donors (Lipinski definition) is 1. The highest BCUT2D eigenvalue weighted by atomic mass is 16.7. The quantitative estimate of drug-likeness (QED) is 0.335. The van der Waals surface area contributed by atoms with Crippen LogP contribution < -0.4 is 0 Å². The van der Waals surface area contributed by atoms with E-state index in [1.165, 1.54) is 0 Å². The third-order valence-electron chi connectivity index (χ3n) is 4.57. The summed E-state index contributed by atoms with van der Waals surface area (Å²) < 4.78 is 0. The minimum absolute atomic E-state index is 0.0327. The van der Waals surface area contributed by atoms with Crippen molar-refractivity contribution in [2.45, 2.75) is 85.2 Å². The molecule has 0 radical (unpaired) electrons. The first-order valence-corrected chi connectivity index (χ1v) is 8.61. The summed E-state index contributed by atoms with van der Waals surface area (Å²) in [4.78, 5) is 31.6. The average molecular weight is 354 g/mol. The van der Waals surface area contributed by atoms with Crippen molar-refractivity contribution >= 4 is 11.6 Å². The van der Waals surface area contributed by atoms with Crippen molar-refractivity contribution in [1.29, 1.82) is 5.53 Å². The SMILES string of the molecule is CON1C(C)(C)CC(CC(=O)CC(=O)C(C)(C)C)CC1(C)C.[N-]=[N+]=N. The number of carbonyl (C=O) groups excluding carboxylic acids is 2. The Hall–Kier alpha value is -1.43. The van der Waals surface area contributed by atoms with Crippen LogP contribution in [0, 0.1) is 16.9 Å². The van der Waals surface area contributed by atoms with Crippen LogP contribution in [0.25, 0.3) is 10.4 Å². The van der Waals surface area contributed by atoms with Gasteiger partial charge in [0, 0.05) is 22.9 Å². The van der Waals surface area contributed by atoms with Crippen LogP contribution in [-0.2, 0) is 14.4 Å². The lowest BCUT2D eigenvalue weighted by Gasteiger charge is -2.53. The first-order valence-electron chi connectivity index (χ1n) is 8.61. The maximum atomic E-state index is 12.3. The third kappa shape index (κ3) is 7.14. The number of nitrogens with one attached hydrogen (secondary N) is 1. The van der Waals surface area contributed by atoms with Crippen LogP contribution >= 0.6 is 0 Å². The van der Waals surface area contributed by atoms with Crippen LogP contribution in [0.15, 0.2) is 0 Å². The monoisotopic (exact) mass is 354 g/mol. The van der Waals surface area contributed by atoms with Crippen molar-refractivity contribution < 1.29 is 14.4 Å². The molecule has 144 valence electrons. The summed E-state index contributed by atoms with van der Waals surface area (Å²) >= 11 is 0. The van der Waals surface area contributed by atoms with E-state index in [4.69, 9.17) is 15.9 Å². The number of hydrogen-bond acceptors (Lipinski definition) is 5. The zero-order valence-electron chi connectivity index (χ0n) is 17.0. The molecular weight excluding hydrogens is 320 g/mol. The van der Waals surface area contributed by atoms with Gasteiger partial charge in [-0.2, -0.15) is 5.06 Å². The van der Waals surface area contributed by atoms with Crippen LogP contribution in [0.4, 0.5) is 0 Å². The fraction of sp³-hybridized carbons (Fsp3) is 0.889. The van der Waals surface area contributed by atoms with Crippen molar-refractivity contribution in [3.8, 4) is 0 Å². The summed E-state index contributed by atoms with van der Waals surface area (Å²) in [5, 5.41) is 2.04. The van der Waals surface area contributed by atoms with Crippen molar-refractivity contribution in [2.75, 3.05) is 7.11 Å². The first kappa shape index (κ1) is 23.6. The Balaban J connectivity index is 0.00000178. The molecule has 0 aromatic heterocycles. The molecule has 0 atom stereocenters. The van der Waals surface area contributed by atoms with Gasteiger partial charge in [-0.3, -0.25) is 9.59 Å². The molecule has 0 spiro atoms. The van der Waals surface area contributed by atoms with Gasteiger partial charge in [0.2, 0.25) is 0 Å². The van der Waals surface area contributed by atoms with Crippen molar-refractivity contribution in [1.82, 2.24) is 5.06 Å². The summed E-state index contributed by atoms with van der Waals surface area (Å²) in [5.74, 6) is 0.407. The second-order valence-electron chi connectivity index (χ2n) is 9.07. The fourth-order valence-electron chi connectivity index (χ4n) is 3.95. The van der Waals surface area contributed by atoms with E-state index in [1.807, 2.05) is 25.8 Å². The second-order valence-corrected chi connectivity index (χ2v) is 9.07. The van der Waals surface area contributed by atoms with Crippen LogP contribution in [0.5, 0.6) is 0 Å². The van der Waals surface area contributed by atoms with E-state index in [9.17, 15) is 9.59 Å². The molecule has 0 aromatic rings. The lowest BCUT2D eigenvalue weighted by atomic mass is 9.73. The number of ketones is 2. The van der Waals surface area contributed by atoms with Gasteiger partial charge in [0.05, 0.1) is 13.5 Å². The van der Waals surface area contributed by atoms with Gasteiger partial charge in [-0.15, -0.1) is 5.53 Å². The number of carbonyl (C=O) groups is 2. The van der Waals surface area contributed by atoms with Crippen LogP contribution in [-0.4, -0.2) is 34.8 Å². The van der Waals surface area contributed by atoms with Gasteiger partial charge < -0.3 is 4.84 Å². The molecule has 0 amide bonds. The fourth-order valence-corrected chi connectivity index (χ4v) is 3.95. The highest BCUT2D eigenvalue weighted by Crippen LogP contribution is 2.42. The van der Waals surface area contributed by atoms with Gasteiger partial charge in [-0.25, -0.2) is 0 Å². The Morgan fingerprint density at radius 2 is 1.60 bits per heavy atom. The third-order valence-corrected chi connectivity index (χ3v) is 4.57. The van der Waals surface area contributed by atoms with Crippen LogP contribution in [0.3, 0.4) is 0 Å². The van der Waals surface area contributed by atoms with Gasteiger partial charge in [-0.05, 0) is 56.9 Å². The Labute approximate surface area is 151 Å². The highest BCUT2D eigenvalue weighted by Gasteiger charge is 2.46. The minimum Gasteiger partial charge on any atom is -0.301 e. The normalized spacial score (nSPS) is 20.2. The van der Waals surface area contributed by atoms with Gasteiger partial charge in [0.1, 0.15) is 11.6 Å². The first-order chi connectivity index (χ1) is 11.2. The van der Waals surface area contributed by atoms with Gasteiger partial charge in [0.15, 0.2) is 0 Å². The Kier molecular flexibility index (Phi) is 8.28. The topological polar surface area (TPSA) is 107 Å². The molecule has 0 unspecified atom stereocenters. The molecule has 7 nitrogen and oxygen atoms in total. The van der Waals surface area contributed by atoms with Gasteiger partial charge >= 0.3 is 0 Å². The van der Waals surface area contributed by atoms with Crippen LogP contribution in [0.2, 0.25) is 0 Å². The summed E-state index contributed by atoms with van der Waals surface area (Å²) in [6.07, 6.45) is 2.36. The zero-order valence-corrected chi connectivity index (χ0v) is 17.0. The molecule has 1 fully saturated rings. The molecule has 0 aromatic carbocycles. The van der Waals surface area contributed by atoms with E-state index in [1.54, 1.807) is 12.0 Å². The van der Waals surface area contributed by atoms with E-state index in [-0.39, 0.29) is 29.1 Å². The van der Waals surface area contributed by atoms with Gasteiger partial charge in [-0.1, -0.05) is 20.8 Å². The Morgan fingerprint density at radius 3 is 1.92 bits per heavy atom. The van der Waals surface area contributed by atoms with E-state index in [2.05, 4.69) is 27.7 Å². The molecule has 1 N–H and O–H groups in total. The molecule has 1 heterocycles. The number of piperidine rings is 1. The summed E-state index contributed by atoms with van der Waals surface area (Å²) in [7, 11) is 1.71. The number of rotatable bonds is 5. The standard InChI is InChI=1S/C18H33NO3.HN3/c1-16(2,3)15(21)10-14(20)9-13-11-17(4,5)19(22-8)18(6,7)12-13;1-3-2/h13H,9-12H2,1-8H3;1H. The summed E-state index contributed by atoms with van der Waals surface area (Å²) in [6, 6.07) is 0. The lowest BCUT2D eigenvalue weighted by Crippen LogP contribution is -2.60. The minimum atomic E-state index is -0.437. The average Bonchev–Trinajstić information content (AvgIpc) is 2.35. The van der Waals surface area contributed by atoms with E-state index in [0.717, 1.165) is 12.8 Å². The molecule has 25 heavy (non-hydrogen) atoms.